The zero-order valence-electron chi connectivity index (χ0n) is 17.4. The predicted molar refractivity (Wildman–Crippen MR) is 116 cm³/mol. The minimum absolute atomic E-state index is 0.0816. The number of nitrogens with one attached hydrogen (secondary N) is 3. The molecule has 0 aliphatic carbocycles. The first-order valence-corrected chi connectivity index (χ1v) is 10.1. The average Bonchev–Trinajstić information content (AvgIpc) is 2.66. The van der Waals surface area contributed by atoms with E-state index in [1.54, 1.807) is 13.8 Å². The van der Waals surface area contributed by atoms with Gasteiger partial charge in [-0.15, -0.1) is 0 Å². The molecule has 172 valence electrons. The summed E-state index contributed by atoms with van der Waals surface area (Å²) in [5.41, 5.74) is 16.2. The van der Waals surface area contributed by atoms with Gasteiger partial charge in [-0.25, -0.2) is 0 Å². The number of nitrogens with zero attached hydrogens (tertiary/aromatic N) is 1. The molecule has 0 aromatic carbocycles. The summed E-state index contributed by atoms with van der Waals surface area (Å²) >= 11 is 3.96. The molecular formula is C17H33N7O5S. The number of nitrogens with two attached hydrogens (primary N) is 3. The van der Waals surface area contributed by atoms with Crippen LogP contribution in [0, 0.1) is 5.92 Å². The van der Waals surface area contributed by atoms with E-state index in [4.69, 9.17) is 22.3 Å². The molecule has 4 unspecified atom stereocenters. The molecule has 0 aliphatic heterocycles. The third kappa shape index (κ3) is 10.3. The van der Waals surface area contributed by atoms with Crippen molar-refractivity contribution in [3.8, 4) is 0 Å². The number of carbonyl (C=O) groups excluding carboxylic acids is 3. The maximum atomic E-state index is 12.8. The molecule has 0 aromatic rings. The van der Waals surface area contributed by atoms with Crippen LogP contribution in [0.3, 0.4) is 0 Å². The highest BCUT2D eigenvalue weighted by molar-refractivity contribution is 7.80. The van der Waals surface area contributed by atoms with E-state index in [1.807, 2.05) is 0 Å². The van der Waals surface area contributed by atoms with Crippen molar-refractivity contribution in [1.29, 1.82) is 0 Å². The van der Waals surface area contributed by atoms with Crippen molar-refractivity contribution in [3.05, 3.63) is 0 Å². The van der Waals surface area contributed by atoms with Gasteiger partial charge in [0.05, 0.1) is 6.04 Å². The molecule has 0 rings (SSSR count). The largest absolute Gasteiger partial charge is 0.480 e. The molecular weight excluding hydrogens is 414 g/mol. The number of aliphatic imine (C=N–C) groups is 1. The maximum absolute atomic E-state index is 12.8. The Morgan fingerprint density at radius 2 is 1.60 bits per heavy atom. The minimum Gasteiger partial charge on any atom is -0.480 e. The van der Waals surface area contributed by atoms with Crippen molar-refractivity contribution in [2.75, 3.05) is 12.3 Å². The number of aliphatic carboxylic acids is 1. The maximum Gasteiger partial charge on any atom is 0.325 e. The van der Waals surface area contributed by atoms with Crippen molar-refractivity contribution >= 4 is 42.3 Å². The molecule has 0 aliphatic rings. The summed E-state index contributed by atoms with van der Waals surface area (Å²) in [6, 6.07) is -4.04. The van der Waals surface area contributed by atoms with Crippen LogP contribution >= 0.6 is 12.6 Å². The standard InChI is InChI=1S/C17H33N7O5S/c1-8(2)12(15(27)22-9(3)16(28)29)24-14(26)11(5-4-6-21-17(19)20)23-13(25)10(18)7-30/h8-12,30H,4-7,18H2,1-3H3,(H,22,27)(H,23,25)(H,24,26)(H,28,29)(H4,19,20,21). The quantitative estimate of drug-likeness (QED) is 0.0652. The Bertz CT molecular complexity index is 640. The molecule has 0 saturated carbocycles. The molecule has 0 bridgehead atoms. The number of amides is 3. The number of hydrogen-bond donors (Lipinski definition) is 8. The number of carboxylic acid groups (broad SMARTS) is 1. The first-order valence-electron chi connectivity index (χ1n) is 9.46. The number of hydrogen-bond acceptors (Lipinski definition) is 7. The first-order chi connectivity index (χ1) is 13.9. The van der Waals surface area contributed by atoms with E-state index in [9.17, 15) is 19.2 Å². The second kappa shape index (κ2) is 13.6. The van der Waals surface area contributed by atoms with Gasteiger partial charge in [0, 0.05) is 12.3 Å². The molecule has 0 heterocycles. The summed E-state index contributed by atoms with van der Waals surface area (Å²) in [5, 5.41) is 16.4. The van der Waals surface area contributed by atoms with E-state index in [-0.39, 0.29) is 30.6 Å². The highest BCUT2D eigenvalue weighted by atomic mass is 32.1. The smallest absolute Gasteiger partial charge is 0.325 e. The number of carbonyl (C=O) groups is 4. The van der Waals surface area contributed by atoms with Crippen LogP contribution in [0.5, 0.6) is 0 Å². The van der Waals surface area contributed by atoms with Gasteiger partial charge >= 0.3 is 5.97 Å². The molecule has 30 heavy (non-hydrogen) atoms. The average molecular weight is 448 g/mol. The molecule has 10 N–H and O–H groups in total. The molecule has 0 spiro atoms. The molecule has 3 amide bonds. The summed E-state index contributed by atoms with van der Waals surface area (Å²) < 4.78 is 0. The molecule has 0 fully saturated rings. The molecule has 0 radical (unpaired) electrons. The third-order valence-corrected chi connectivity index (χ3v) is 4.48. The Morgan fingerprint density at radius 1 is 1.00 bits per heavy atom. The van der Waals surface area contributed by atoms with Crippen molar-refractivity contribution < 1.29 is 24.3 Å². The number of rotatable bonds is 13. The number of carboxylic acids is 1. The van der Waals surface area contributed by atoms with Gasteiger partial charge in [0.1, 0.15) is 18.1 Å². The van der Waals surface area contributed by atoms with E-state index in [0.717, 1.165) is 0 Å². The topological polar surface area (TPSA) is 215 Å². The Labute approximate surface area is 181 Å². The van der Waals surface area contributed by atoms with Crippen molar-refractivity contribution in [3.63, 3.8) is 0 Å². The Morgan fingerprint density at radius 3 is 2.07 bits per heavy atom. The van der Waals surface area contributed by atoms with Crippen molar-refractivity contribution in [2.24, 2.45) is 28.1 Å². The summed E-state index contributed by atoms with van der Waals surface area (Å²) in [6.45, 7) is 4.94. The second-order valence-electron chi connectivity index (χ2n) is 7.10. The van der Waals surface area contributed by atoms with Crippen LogP contribution in [-0.4, -0.2) is 71.2 Å². The fraction of sp³-hybridized carbons (Fsp3) is 0.706. The Hall–Kier alpha value is -2.54. The van der Waals surface area contributed by atoms with E-state index in [0.29, 0.717) is 6.42 Å². The van der Waals surface area contributed by atoms with Gasteiger partial charge < -0.3 is 38.3 Å². The lowest BCUT2D eigenvalue weighted by Crippen LogP contribution is -2.58. The van der Waals surface area contributed by atoms with Gasteiger partial charge in [-0.3, -0.25) is 24.2 Å². The minimum atomic E-state index is -1.21. The molecule has 0 aromatic heterocycles. The first kappa shape index (κ1) is 27.5. The number of guanidine groups is 1. The van der Waals surface area contributed by atoms with Gasteiger partial charge in [0.15, 0.2) is 5.96 Å². The lowest BCUT2D eigenvalue weighted by atomic mass is 10.0. The van der Waals surface area contributed by atoms with Crippen molar-refractivity contribution in [1.82, 2.24) is 16.0 Å². The zero-order valence-corrected chi connectivity index (χ0v) is 18.3. The lowest BCUT2D eigenvalue weighted by molar-refractivity contribution is -0.142. The highest BCUT2D eigenvalue weighted by Gasteiger charge is 2.30. The third-order valence-electron chi connectivity index (χ3n) is 4.09. The zero-order chi connectivity index (χ0) is 23.4. The van der Waals surface area contributed by atoms with Crippen LogP contribution in [0.2, 0.25) is 0 Å². The lowest BCUT2D eigenvalue weighted by Gasteiger charge is -2.26. The van der Waals surface area contributed by atoms with Gasteiger partial charge in [-0.2, -0.15) is 12.6 Å². The van der Waals surface area contributed by atoms with E-state index < -0.39 is 47.9 Å². The van der Waals surface area contributed by atoms with E-state index in [2.05, 4.69) is 33.6 Å². The second-order valence-corrected chi connectivity index (χ2v) is 7.46. The number of thiol groups is 1. The predicted octanol–water partition coefficient (Wildman–Crippen LogP) is -2.49. The van der Waals surface area contributed by atoms with Crippen LogP contribution in [-0.2, 0) is 19.2 Å². The van der Waals surface area contributed by atoms with Gasteiger partial charge in [0.2, 0.25) is 17.7 Å². The summed E-state index contributed by atoms with van der Waals surface area (Å²) in [4.78, 5) is 52.1. The Kier molecular flexibility index (Phi) is 12.5. The monoisotopic (exact) mass is 447 g/mol. The van der Waals surface area contributed by atoms with Crippen molar-refractivity contribution in [2.45, 2.75) is 57.8 Å². The fourth-order valence-electron chi connectivity index (χ4n) is 2.29. The van der Waals surface area contributed by atoms with Crippen LogP contribution in [0.15, 0.2) is 4.99 Å². The van der Waals surface area contributed by atoms with Crippen LogP contribution in [0.4, 0.5) is 0 Å². The SMILES string of the molecule is CC(NC(=O)C(NC(=O)C(CCCN=C(N)N)NC(=O)C(N)CS)C(C)C)C(=O)O. The molecule has 12 nitrogen and oxygen atoms in total. The normalized spacial score (nSPS) is 14.7. The van der Waals surface area contributed by atoms with Gasteiger partial charge in [-0.05, 0) is 25.7 Å². The van der Waals surface area contributed by atoms with Gasteiger partial charge in [0.25, 0.3) is 0 Å². The molecule has 4 atom stereocenters. The van der Waals surface area contributed by atoms with Crippen LogP contribution in [0.1, 0.15) is 33.6 Å². The Balaban J connectivity index is 5.29. The van der Waals surface area contributed by atoms with E-state index >= 15 is 0 Å². The van der Waals surface area contributed by atoms with Crippen LogP contribution in [0.25, 0.3) is 0 Å². The highest BCUT2D eigenvalue weighted by Crippen LogP contribution is 2.06. The molecule has 13 heteroatoms. The van der Waals surface area contributed by atoms with E-state index in [1.165, 1.54) is 6.92 Å². The summed E-state index contributed by atoms with van der Waals surface area (Å²) in [5.74, 6) is -3.39. The summed E-state index contributed by atoms with van der Waals surface area (Å²) in [7, 11) is 0. The fourth-order valence-corrected chi connectivity index (χ4v) is 2.45. The summed E-state index contributed by atoms with van der Waals surface area (Å²) in [6.07, 6.45) is 0.562. The van der Waals surface area contributed by atoms with Gasteiger partial charge in [-0.1, -0.05) is 13.8 Å². The molecule has 0 saturated heterocycles. The van der Waals surface area contributed by atoms with Crippen LogP contribution < -0.4 is 33.2 Å².